The van der Waals surface area contributed by atoms with E-state index in [1.165, 1.54) is 13.8 Å². The highest BCUT2D eigenvalue weighted by Crippen LogP contribution is 2.60. The zero-order valence-electron chi connectivity index (χ0n) is 10.6. The highest BCUT2D eigenvalue weighted by atomic mass is 16.6. The Balaban J connectivity index is 2.23. The fraction of sp³-hybridized carbons (Fsp3) is 0.692. The van der Waals surface area contributed by atoms with Crippen molar-refractivity contribution in [1.29, 1.82) is 0 Å². The molecule has 2 unspecified atom stereocenters. The molecule has 0 spiro atoms. The summed E-state index contributed by atoms with van der Waals surface area (Å²) < 4.78 is 10.5. The van der Waals surface area contributed by atoms with Gasteiger partial charge in [-0.05, 0) is 17.9 Å². The van der Waals surface area contributed by atoms with E-state index in [2.05, 4.69) is 13.8 Å². The van der Waals surface area contributed by atoms with E-state index in [4.69, 9.17) is 9.47 Å². The molecule has 3 aliphatic rings. The van der Waals surface area contributed by atoms with Gasteiger partial charge in [-0.2, -0.15) is 0 Å². The number of fused-ring (bicyclic) bond motifs is 1. The highest BCUT2D eigenvalue weighted by Gasteiger charge is 2.57. The number of carbonyl (C=O) groups excluding carboxylic acids is 2. The monoisotopic (exact) mass is 238 g/mol. The van der Waals surface area contributed by atoms with Crippen LogP contribution in [-0.4, -0.2) is 18.0 Å². The van der Waals surface area contributed by atoms with Gasteiger partial charge in [0, 0.05) is 25.7 Å². The lowest BCUT2D eigenvalue weighted by molar-refractivity contribution is -0.164. The normalized spacial score (nSPS) is 33.2. The molecule has 0 N–H and O–H groups in total. The lowest BCUT2D eigenvalue weighted by Crippen LogP contribution is -2.55. The molecule has 3 atom stereocenters. The van der Waals surface area contributed by atoms with Gasteiger partial charge in [-0.25, -0.2) is 0 Å². The van der Waals surface area contributed by atoms with E-state index in [9.17, 15) is 9.59 Å². The fourth-order valence-electron chi connectivity index (χ4n) is 2.97. The summed E-state index contributed by atoms with van der Waals surface area (Å²) >= 11 is 0. The molecule has 4 nitrogen and oxygen atoms in total. The van der Waals surface area contributed by atoms with Gasteiger partial charge in [0.1, 0.15) is 11.9 Å². The Kier molecular flexibility index (Phi) is 2.76. The number of esters is 2. The molecule has 0 aromatic carbocycles. The van der Waals surface area contributed by atoms with Crippen molar-refractivity contribution in [2.75, 3.05) is 0 Å². The van der Waals surface area contributed by atoms with Crippen LogP contribution in [0.5, 0.6) is 0 Å². The Labute approximate surface area is 101 Å². The molecule has 0 heterocycles. The second-order valence-corrected chi connectivity index (χ2v) is 5.45. The zero-order chi connectivity index (χ0) is 12.8. The number of hydrogen-bond donors (Lipinski definition) is 0. The Morgan fingerprint density at radius 1 is 1.29 bits per heavy atom. The van der Waals surface area contributed by atoms with Crippen molar-refractivity contribution in [1.82, 2.24) is 0 Å². The molecule has 1 fully saturated rings. The molecule has 1 saturated carbocycles. The molecule has 0 amide bonds. The lowest BCUT2D eigenvalue weighted by Gasteiger charge is -2.57. The van der Waals surface area contributed by atoms with E-state index in [0.717, 1.165) is 6.42 Å². The lowest BCUT2D eigenvalue weighted by atomic mass is 9.49. The largest absolute Gasteiger partial charge is 0.458 e. The molecule has 3 aliphatic carbocycles. The third-order valence-electron chi connectivity index (χ3n) is 3.98. The van der Waals surface area contributed by atoms with Gasteiger partial charge in [-0.3, -0.25) is 9.59 Å². The summed E-state index contributed by atoms with van der Waals surface area (Å²) in [5.41, 5.74) is 0.0274. The Hall–Kier alpha value is -1.32. The Morgan fingerprint density at radius 2 is 1.94 bits per heavy atom. The Bertz CT molecular complexity index is 394. The van der Waals surface area contributed by atoms with Crippen LogP contribution in [0.15, 0.2) is 11.8 Å². The molecule has 0 aromatic heterocycles. The van der Waals surface area contributed by atoms with Crippen molar-refractivity contribution in [2.45, 2.75) is 40.2 Å². The molecule has 0 aliphatic heterocycles. The van der Waals surface area contributed by atoms with Gasteiger partial charge in [0.05, 0.1) is 0 Å². The molecule has 0 aromatic rings. The fourth-order valence-corrected chi connectivity index (χ4v) is 2.97. The van der Waals surface area contributed by atoms with E-state index in [-0.39, 0.29) is 29.4 Å². The van der Waals surface area contributed by atoms with Crippen LogP contribution in [0, 0.1) is 17.3 Å². The van der Waals surface area contributed by atoms with Crippen molar-refractivity contribution >= 4 is 11.9 Å². The molecule has 94 valence electrons. The molecular weight excluding hydrogens is 220 g/mol. The standard InChI is InChI=1S/C13H18O4/c1-7(14)16-11-6-12(17-8(2)15)10-5-9(11)13(10,3)4/h6,9-11H,5H2,1-4H3/t9-,10?,11?/m1/s1. The van der Waals surface area contributed by atoms with E-state index in [0.29, 0.717) is 11.7 Å². The van der Waals surface area contributed by atoms with Crippen LogP contribution in [0.2, 0.25) is 0 Å². The Morgan fingerprint density at radius 3 is 2.41 bits per heavy atom. The molecule has 0 saturated heterocycles. The van der Waals surface area contributed by atoms with Crippen LogP contribution in [0.3, 0.4) is 0 Å². The van der Waals surface area contributed by atoms with Gasteiger partial charge >= 0.3 is 11.9 Å². The average Bonchev–Trinajstić information content (AvgIpc) is 2.13. The maximum atomic E-state index is 11.1. The van der Waals surface area contributed by atoms with Gasteiger partial charge in [0.25, 0.3) is 0 Å². The molecule has 17 heavy (non-hydrogen) atoms. The predicted molar refractivity (Wildman–Crippen MR) is 60.8 cm³/mol. The quantitative estimate of drug-likeness (QED) is 0.691. The van der Waals surface area contributed by atoms with Crippen molar-refractivity contribution in [3.63, 3.8) is 0 Å². The van der Waals surface area contributed by atoms with Crippen molar-refractivity contribution in [3.05, 3.63) is 11.8 Å². The zero-order valence-corrected chi connectivity index (χ0v) is 10.6. The minimum atomic E-state index is -0.320. The molecular formula is C13H18O4. The van der Waals surface area contributed by atoms with E-state index in [1.807, 2.05) is 0 Å². The van der Waals surface area contributed by atoms with Crippen LogP contribution < -0.4 is 0 Å². The minimum absolute atomic E-state index is 0.0274. The average molecular weight is 238 g/mol. The first-order chi connectivity index (χ1) is 7.82. The first kappa shape index (κ1) is 12.1. The number of ether oxygens (including phenoxy) is 2. The molecule has 3 rings (SSSR count). The van der Waals surface area contributed by atoms with Crippen LogP contribution in [0.1, 0.15) is 34.1 Å². The van der Waals surface area contributed by atoms with Crippen molar-refractivity contribution < 1.29 is 19.1 Å². The van der Waals surface area contributed by atoms with Gasteiger partial charge < -0.3 is 9.47 Å². The number of rotatable bonds is 2. The minimum Gasteiger partial charge on any atom is -0.458 e. The number of hydrogen-bond acceptors (Lipinski definition) is 4. The van der Waals surface area contributed by atoms with E-state index in [1.54, 1.807) is 6.08 Å². The maximum Gasteiger partial charge on any atom is 0.307 e. The van der Waals surface area contributed by atoms with Crippen molar-refractivity contribution in [2.24, 2.45) is 17.3 Å². The summed E-state index contributed by atoms with van der Waals surface area (Å²) in [5.74, 6) is 0.642. The summed E-state index contributed by atoms with van der Waals surface area (Å²) in [5, 5.41) is 0. The molecule has 2 bridgehead atoms. The van der Waals surface area contributed by atoms with E-state index >= 15 is 0 Å². The maximum absolute atomic E-state index is 11.1. The predicted octanol–water partition coefficient (Wildman–Crippen LogP) is 2.04. The summed E-state index contributed by atoms with van der Waals surface area (Å²) in [6.45, 7) is 7.04. The molecule has 4 heteroatoms. The number of allylic oxidation sites excluding steroid dienone is 1. The number of carbonyl (C=O) groups is 2. The summed E-state index contributed by atoms with van der Waals surface area (Å²) in [7, 11) is 0. The van der Waals surface area contributed by atoms with Crippen LogP contribution in [0.4, 0.5) is 0 Å². The van der Waals surface area contributed by atoms with Crippen molar-refractivity contribution in [3.8, 4) is 0 Å². The summed E-state index contributed by atoms with van der Waals surface area (Å²) in [6.07, 6.45) is 2.44. The molecule has 0 radical (unpaired) electrons. The van der Waals surface area contributed by atoms with Crippen LogP contribution in [0.25, 0.3) is 0 Å². The van der Waals surface area contributed by atoms with Crippen LogP contribution >= 0.6 is 0 Å². The first-order valence-corrected chi connectivity index (χ1v) is 5.89. The summed E-state index contributed by atoms with van der Waals surface area (Å²) in [4.78, 5) is 22.1. The third kappa shape index (κ3) is 1.96. The topological polar surface area (TPSA) is 52.6 Å². The van der Waals surface area contributed by atoms with Gasteiger partial charge in [0.2, 0.25) is 0 Å². The van der Waals surface area contributed by atoms with Gasteiger partial charge in [-0.15, -0.1) is 0 Å². The smallest absolute Gasteiger partial charge is 0.307 e. The second-order valence-electron chi connectivity index (χ2n) is 5.45. The van der Waals surface area contributed by atoms with E-state index < -0.39 is 0 Å². The van der Waals surface area contributed by atoms with Gasteiger partial charge in [-0.1, -0.05) is 13.8 Å². The first-order valence-electron chi connectivity index (χ1n) is 5.89. The third-order valence-corrected chi connectivity index (χ3v) is 3.98. The second kappa shape index (κ2) is 3.86. The summed E-state index contributed by atoms with van der Waals surface area (Å²) in [6, 6.07) is 0. The SMILES string of the molecule is CC(=O)OC1=CC(OC(C)=O)[C@H]2CC1C2(C)C. The van der Waals surface area contributed by atoms with Gasteiger partial charge in [0.15, 0.2) is 0 Å². The highest BCUT2D eigenvalue weighted by molar-refractivity contribution is 5.68. The van der Waals surface area contributed by atoms with Crippen LogP contribution in [-0.2, 0) is 19.1 Å².